The molecule has 1 heterocycles. The van der Waals surface area contributed by atoms with E-state index < -0.39 is 5.54 Å². The van der Waals surface area contributed by atoms with Crippen LogP contribution in [0.2, 0.25) is 5.02 Å². The molecule has 1 unspecified atom stereocenters. The van der Waals surface area contributed by atoms with Crippen LogP contribution in [0.1, 0.15) is 32.1 Å². The van der Waals surface area contributed by atoms with Gasteiger partial charge >= 0.3 is 0 Å². The van der Waals surface area contributed by atoms with Crippen molar-refractivity contribution in [3.63, 3.8) is 0 Å². The lowest BCUT2D eigenvalue weighted by molar-refractivity contribution is -0.126. The van der Waals surface area contributed by atoms with E-state index in [1.165, 1.54) is 0 Å². The highest BCUT2D eigenvalue weighted by Gasteiger charge is 2.38. The Morgan fingerprint density at radius 1 is 1.38 bits per heavy atom. The van der Waals surface area contributed by atoms with Gasteiger partial charge in [-0.15, -0.1) is 0 Å². The van der Waals surface area contributed by atoms with Gasteiger partial charge in [-0.25, -0.2) is 0 Å². The lowest BCUT2D eigenvalue weighted by Gasteiger charge is -2.25. The van der Waals surface area contributed by atoms with Gasteiger partial charge in [0.2, 0.25) is 5.91 Å². The molecule has 1 atom stereocenters. The van der Waals surface area contributed by atoms with E-state index in [-0.39, 0.29) is 11.9 Å². The second-order valence-electron chi connectivity index (χ2n) is 6.25. The van der Waals surface area contributed by atoms with E-state index in [1.807, 2.05) is 18.2 Å². The van der Waals surface area contributed by atoms with Crippen LogP contribution in [0.25, 0.3) is 0 Å². The van der Waals surface area contributed by atoms with E-state index >= 15 is 0 Å². The van der Waals surface area contributed by atoms with Gasteiger partial charge in [-0.3, -0.25) is 4.79 Å². The summed E-state index contributed by atoms with van der Waals surface area (Å²) in [5.41, 5.74) is 6.68. The normalized spacial score (nSPS) is 24.3. The Balaban J connectivity index is 1.58. The molecule has 1 aliphatic heterocycles. The fourth-order valence-corrected chi connectivity index (χ4v) is 3.53. The maximum atomic E-state index is 12.3. The number of benzene rings is 1. The van der Waals surface area contributed by atoms with E-state index in [1.54, 1.807) is 0 Å². The van der Waals surface area contributed by atoms with Gasteiger partial charge in [0.15, 0.2) is 0 Å². The Morgan fingerprint density at radius 3 is 2.86 bits per heavy atom. The summed E-state index contributed by atoms with van der Waals surface area (Å²) in [6, 6.07) is 8.03. The first kappa shape index (κ1) is 14.7. The van der Waals surface area contributed by atoms with Crippen LogP contribution in [0.15, 0.2) is 24.3 Å². The van der Waals surface area contributed by atoms with Crippen LogP contribution in [0, 0.1) is 0 Å². The maximum Gasteiger partial charge on any atom is 0.240 e. The van der Waals surface area contributed by atoms with E-state index in [2.05, 4.69) is 16.3 Å². The van der Waals surface area contributed by atoms with Crippen LogP contribution in [-0.2, 0) is 4.79 Å². The Kier molecular flexibility index (Phi) is 4.09. The number of halogens is 1. The van der Waals surface area contributed by atoms with Crippen LogP contribution >= 0.6 is 11.6 Å². The molecule has 0 bridgehead atoms. The van der Waals surface area contributed by atoms with Crippen molar-refractivity contribution in [2.45, 2.75) is 43.7 Å². The minimum absolute atomic E-state index is 0.0259. The summed E-state index contributed by atoms with van der Waals surface area (Å²) in [5.74, 6) is 0.0259. The summed E-state index contributed by atoms with van der Waals surface area (Å²) >= 11 is 6.04. The molecule has 114 valence electrons. The van der Waals surface area contributed by atoms with Crippen molar-refractivity contribution < 1.29 is 4.79 Å². The summed E-state index contributed by atoms with van der Waals surface area (Å²) in [5, 5.41) is 3.88. The van der Waals surface area contributed by atoms with Crippen molar-refractivity contribution in [1.29, 1.82) is 0 Å². The molecular formula is C16H22ClN3O. The molecule has 2 fully saturated rings. The molecule has 1 amide bonds. The van der Waals surface area contributed by atoms with E-state index in [0.717, 1.165) is 55.9 Å². The first-order valence-corrected chi connectivity index (χ1v) is 8.05. The third-order valence-corrected chi connectivity index (χ3v) is 4.88. The molecule has 4 nitrogen and oxygen atoms in total. The molecule has 0 spiro atoms. The van der Waals surface area contributed by atoms with Crippen molar-refractivity contribution in [1.82, 2.24) is 5.32 Å². The van der Waals surface area contributed by atoms with Crippen molar-refractivity contribution in [2.75, 3.05) is 18.0 Å². The Labute approximate surface area is 130 Å². The number of carbonyl (C=O) groups is 1. The zero-order valence-corrected chi connectivity index (χ0v) is 12.9. The highest BCUT2D eigenvalue weighted by atomic mass is 35.5. The summed E-state index contributed by atoms with van der Waals surface area (Å²) in [6.07, 6.45) is 4.69. The third-order valence-electron chi connectivity index (χ3n) is 4.64. The number of amides is 1. The number of nitrogens with one attached hydrogen (secondary N) is 1. The SMILES string of the molecule is NC1(C(=O)NC2CCN(c3cccc(Cl)c3)C2)CCCC1. The van der Waals surface area contributed by atoms with Crippen molar-refractivity contribution in [2.24, 2.45) is 5.73 Å². The van der Waals surface area contributed by atoms with Gasteiger partial charge in [0, 0.05) is 29.8 Å². The largest absolute Gasteiger partial charge is 0.369 e. The first-order valence-electron chi connectivity index (χ1n) is 7.67. The molecule has 0 radical (unpaired) electrons. The van der Waals surface area contributed by atoms with Gasteiger partial charge in [-0.1, -0.05) is 30.5 Å². The highest BCUT2D eigenvalue weighted by molar-refractivity contribution is 6.30. The molecule has 1 saturated heterocycles. The van der Waals surface area contributed by atoms with Crippen LogP contribution < -0.4 is 16.0 Å². The van der Waals surface area contributed by atoms with Gasteiger partial charge in [0.05, 0.1) is 5.54 Å². The van der Waals surface area contributed by atoms with Gasteiger partial charge in [0.25, 0.3) is 0 Å². The molecule has 1 aromatic carbocycles. The monoisotopic (exact) mass is 307 g/mol. The number of nitrogens with zero attached hydrogens (tertiary/aromatic N) is 1. The number of rotatable bonds is 3. The molecule has 1 aliphatic carbocycles. The fraction of sp³-hybridized carbons (Fsp3) is 0.562. The average molecular weight is 308 g/mol. The minimum atomic E-state index is -0.635. The topological polar surface area (TPSA) is 58.4 Å². The third kappa shape index (κ3) is 3.16. The fourth-order valence-electron chi connectivity index (χ4n) is 3.35. The Bertz CT molecular complexity index is 528. The van der Waals surface area contributed by atoms with Gasteiger partial charge in [0.1, 0.15) is 0 Å². The van der Waals surface area contributed by atoms with Crippen LogP contribution in [-0.4, -0.2) is 30.6 Å². The number of hydrogen-bond donors (Lipinski definition) is 2. The quantitative estimate of drug-likeness (QED) is 0.901. The summed E-state index contributed by atoms with van der Waals surface area (Å²) in [7, 11) is 0. The maximum absolute atomic E-state index is 12.3. The van der Waals surface area contributed by atoms with Crippen LogP contribution in [0.5, 0.6) is 0 Å². The Morgan fingerprint density at radius 2 is 2.14 bits per heavy atom. The predicted molar refractivity (Wildman–Crippen MR) is 85.6 cm³/mol. The lowest BCUT2D eigenvalue weighted by Crippen LogP contribution is -2.54. The van der Waals surface area contributed by atoms with Gasteiger partial charge in [-0.2, -0.15) is 0 Å². The van der Waals surface area contributed by atoms with Gasteiger partial charge in [-0.05, 0) is 37.5 Å². The second kappa shape index (κ2) is 5.85. The molecule has 1 aromatic rings. The summed E-state index contributed by atoms with van der Waals surface area (Å²) < 4.78 is 0. The smallest absolute Gasteiger partial charge is 0.240 e. The van der Waals surface area contributed by atoms with E-state index in [9.17, 15) is 4.79 Å². The molecular weight excluding hydrogens is 286 g/mol. The van der Waals surface area contributed by atoms with Crippen molar-refractivity contribution in [3.05, 3.63) is 29.3 Å². The lowest BCUT2D eigenvalue weighted by atomic mass is 9.97. The Hall–Kier alpha value is -1.26. The standard InChI is InChI=1S/C16H22ClN3O/c17-12-4-3-5-14(10-12)20-9-6-13(11-20)19-15(21)16(18)7-1-2-8-16/h3-5,10,13H,1-2,6-9,11,18H2,(H,19,21). The van der Waals surface area contributed by atoms with Crippen LogP contribution in [0.3, 0.4) is 0 Å². The van der Waals surface area contributed by atoms with Crippen molar-refractivity contribution >= 4 is 23.2 Å². The van der Waals surface area contributed by atoms with E-state index in [4.69, 9.17) is 17.3 Å². The predicted octanol–water partition coefficient (Wildman–Crippen LogP) is 2.31. The molecule has 5 heteroatoms. The molecule has 3 N–H and O–H groups in total. The zero-order valence-electron chi connectivity index (χ0n) is 12.1. The van der Waals surface area contributed by atoms with Gasteiger partial charge < -0.3 is 16.0 Å². The average Bonchev–Trinajstić information content (AvgIpc) is 3.09. The number of nitrogens with two attached hydrogens (primary N) is 1. The molecule has 21 heavy (non-hydrogen) atoms. The van der Waals surface area contributed by atoms with E-state index in [0.29, 0.717) is 0 Å². The number of carbonyl (C=O) groups excluding carboxylic acids is 1. The minimum Gasteiger partial charge on any atom is -0.369 e. The second-order valence-corrected chi connectivity index (χ2v) is 6.68. The molecule has 0 aromatic heterocycles. The molecule has 2 aliphatic rings. The summed E-state index contributed by atoms with van der Waals surface area (Å²) in [4.78, 5) is 14.6. The molecule has 3 rings (SSSR count). The first-order chi connectivity index (χ1) is 10.1. The highest BCUT2D eigenvalue weighted by Crippen LogP contribution is 2.28. The van der Waals surface area contributed by atoms with Crippen LogP contribution in [0.4, 0.5) is 5.69 Å². The molecule has 1 saturated carbocycles. The van der Waals surface area contributed by atoms with Crippen molar-refractivity contribution in [3.8, 4) is 0 Å². The zero-order chi connectivity index (χ0) is 14.9. The number of anilines is 1. The number of hydrogen-bond acceptors (Lipinski definition) is 3. The summed E-state index contributed by atoms with van der Waals surface area (Å²) in [6.45, 7) is 1.75.